The summed E-state index contributed by atoms with van der Waals surface area (Å²) in [4.78, 5) is 45.8. The zero-order chi connectivity index (χ0) is 27.4. The molecule has 0 atom stereocenters. The maximum atomic E-state index is 12.7. The number of aromatic nitrogens is 1. The predicted octanol–water partition coefficient (Wildman–Crippen LogP) is 4.20. The molecular formula is C29H31N5O5. The van der Waals surface area contributed by atoms with Gasteiger partial charge < -0.3 is 19.8 Å². The summed E-state index contributed by atoms with van der Waals surface area (Å²) >= 11 is 0. The predicted molar refractivity (Wildman–Crippen MR) is 148 cm³/mol. The van der Waals surface area contributed by atoms with Crippen LogP contribution >= 0.6 is 0 Å². The number of carbonyl (C=O) groups excluding carboxylic acids is 1. The van der Waals surface area contributed by atoms with Gasteiger partial charge in [0.1, 0.15) is 11.5 Å². The highest BCUT2D eigenvalue weighted by molar-refractivity contribution is 5.81. The van der Waals surface area contributed by atoms with Crippen molar-refractivity contribution in [3.8, 4) is 11.1 Å². The molecule has 10 heteroatoms. The van der Waals surface area contributed by atoms with E-state index in [2.05, 4.69) is 9.88 Å². The van der Waals surface area contributed by atoms with Crippen LogP contribution < -0.4 is 9.80 Å². The molecule has 3 aromatic rings. The average molecular weight is 530 g/mol. The second-order valence-corrected chi connectivity index (χ2v) is 10.0. The average Bonchev–Trinajstić information content (AvgIpc) is 3.81. The van der Waals surface area contributed by atoms with Gasteiger partial charge in [-0.3, -0.25) is 19.7 Å². The van der Waals surface area contributed by atoms with Crippen molar-refractivity contribution >= 4 is 29.1 Å². The van der Waals surface area contributed by atoms with Gasteiger partial charge in [0, 0.05) is 57.4 Å². The fourth-order valence-corrected chi connectivity index (χ4v) is 4.99. The van der Waals surface area contributed by atoms with Crippen LogP contribution in [-0.4, -0.2) is 64.5 Å². The van der Waals surface area contributed by atoms with Crippen LogP contribution in [0.3, 0.4) is 0 Å². The van der Waals surface area contributed by atoms with Crippen molar-refractivity contribution in [3.05, 3.63) is 82.5 Å². The van der Waals surface area contributed by atoms with E-state index in [9.17, 15) is 19.7 Å². The first kappa shape index (κ1) is 26.1. The number of carboxylic acids is 1. The molecule has 2 heterocycles. The Labute approximate surface area is 226 Å². The number of benzene rings is 2. The molecule has 1 aliphatic heterocycles. The molecule has 39 heavy (non-hydrogen) atoms. The number of hydrogen-bond donors (Lipinski definition) is 1. The van der Waals surface area contributed by atoms with Gasteiger partial charge in [-0.2, -0.15) is 0 Å². The number of carbonyl (C=O) groups is 2. The van der Waals surface area contributed by atoms with Crippen molar-refractivity contribution in [2.45, 2.75) is 25.8 Å². The second-order valence-electron chi connectivity index (χ2n) is 10.0. The van der Waals surface area contributed by atoms with Crippen LogP contribution in [-0.2, 0) is 16.1 Å². The van der Waals surface area contributed by atoms with Crippen molar-refractivity contribution in [1.82, 2.24) is 9.88 Å². The Morgan fingerprint density at radius 1 is 0.974 bits per heavy atom. The summed E-state index contributed by atoms with van der Waals surface area (Å²) in [5.41, 5.74) is 3.01. The Hall–Kier alpha value is -4.47. The quantitative estimate of drug-likeness (QED) is 0.307. The molecule has 0 bridgehead atoms. The molecule has 1 aliphatic carbocycles. The van der Waals surface area contributed by atoms with Gasteiger partial charge in [-0.15, -0.1) is 0 Å². The molecule has 2 aliphatic rings. The van der Waals surface area contributed by atoms with Gasteiger partial charge in [-0.25, -0.2) is 4.98 Å². The van der Waals surface area contributed by atoms with Crippen LogP contribution in [0.4, 0.5) is 17.2 Å². The number of aliphatic carboxylic acids is 1. The molecule has 0 unspecified atom stereocenters. The summed E-state index contributed by atoms with van der Waals surface area (Å²) in [6.45, 7) is 3.19. The number of nitro benzene ring substituents is 1. The molecule has 0 radical (unpaired) electrons. The van der Waals surface area contributed by atoms with Crippen LogP contribution in [0.15, 0.2) is 66.9 Å². The van der Waals surface area contributed by atoms with Crippen molar-refractivity contribution in [1.29, 1.82) is 0 Å². The molecule has 2 aromatic carbocycles. The Kier molecular flexibility index (Phi) is 7.72. The molecule has 1 amide bonds. The molecule has 0 spiro atoms. The Bertz CT molecular complexity index is 1350. The van der Waals surface area contributed by atoms with Crippen molar-refractivity contribution in [2.75, 3.05) is 42.5 Å². The zero-order valence-corrected chi connectivity index (χ0v) is 21.6. The van der Waals surface area contributed by atoms with Gasteiger partial charge in [-0.05, 0) is 53.8 Å². The van der Waals surface area contributed by atoms with E-state index in [0.29, 0.717) is 30.9 Å². The number of pyridine rings is 1. The Morgan fingerprint density at radius 2 is 1.72 bits per heavy atom. The minimum atomic E-state index is -0.942. The first-order valence-electron chi connectivity index (χ1n) is 13.2. The van der Waals surface area contributed by atoms with Crippen LogP contribution in [0.5, 0.6) is 0 Å². The topological polar surface area (TPSA) is 120 Å². The number of piperazine rings is 1. The monoisotopic (exact) mass is 529 g/mol. The molecule has 1 saturated carbocycles. The third-order valence-corrected chi connectivity index (χ3v) is 7.23. The number of rotatable bonds is 10. The highest BCUT2D eigenvalue weighted by Crippen LogP contribution is 2.35. The van der Waals surface area contributed by atoms with Gasteiger partial charge >= 0.3 is 5.97 Å². The first-order chi connectivity index (χ1) is 18.9. The Balaban J connectivity index is 1.33. The minimum absolute atomic E-state index is 0.00946. The van der Waals surface area contributed by atoms with E-state index in [-0.39, 0.29) is 35.4 Å². The lowest BCUT2D eigenvalue weighted by molar-refractivity contribution is -0.384. The lowest BCUT2D eigenvalue weighted by atomic mass is 10.0. The number of carboxylic acid groups (broad SMARTS) is 1. The van der Waals surface area contributed by atoms with E-state index >= 15 is 0 Å². The fraction of sp³-hybridized carbons (Fsp3) is 0.345. The van der Waals surface area contributed by atoms with E-state index in [1.165, 1.54) is 0 Å². The summed E-state index contributed by atoms with van der Waals surface area (Å²) in [5, 5.41) is 21.2. The van der Waals surface area contributed by atoms with Crippen LogP contribution in [0, 0.1) is 16.0 Å². The third-order valence-electron chi connectivity index (χ3n) is 7.23. The standard InChI is InChI=1S/C29H31N5O5/c35-28(36)11-13-33(29(37)22-7-8-22)20-21-4-3-5-23(18-21)24-9-10-25(26(19-24)34(38)39)31-14-16-32(17-15-31)27-6-1-2-12-30-27/h1-6,9-10,12,18-19,22H,7-8,11,13-17,20H2,(H,35,36). The molecule has 5 rings (SSSR count). The summed E-state index contributed by atoms with van der Waals surface area (Å²) < 4.78 is 0. The number of nitrogens with zero attached hydrogens (tertiary/aromatic N) is 5. The van der Waals surface area contributed by atoms with Gasteiger partial charge in [0.05, 0.1) is 11.3 Å². The lowest BCUT2D eigenvalue weighted by Crippen LogP contribution is -2.47. The SMILES string of the molecule is O=C(O)CCN(Cc1cccc(-c2ccc(N3CCN(c4ccccn4)CC3)c([N+](=O)[O-])c2)c1)C(=O)C1CC1. The van der Waals surface area contributed by atoms with Crippen molar-refractivity contribution in [3.63, 3.8) is 0 Å². The summed E-state index contributed by atoms with van der Waals surface area (Å²) in [7, 11) is 0. The highest BCUT2D eigenvalue weighted by atomic mass is 16.6. The molecule has 202 valence electrons. The van der Waals surface area contributed by atoms with Gasteiger partial charge in [-0.1, -0.05) is 30.3 Å². The Morgan fingerprint density at radius 3 is 2.38 bits per heavy atom. The summed E-state index contributed by atoms with van der Waals surface area (Å²) in [5.74, 6) is -0.0575. The zero-order valence-electron chi connectivity index (χ0n) is 21.6. The fourth-order valence-electron chi connectivity index (χ4n) is 4.99. The molecule has 1 saturated heterocycles. The van der Waals surface area contributed by atoms with Crippen molar-refractivity contribution in [2.24, 2.45) is 5.92 Å². The lowest BCUT2D eigenvalue weighted by Gasteiger charge is -2.36. The van der Waals surface area contributed by atoms with Crippen LogP contribution in [0.25, 0.3) is 11.1 Å². The third kappa shape index (κ3) is 6.34. The summed E-state index contributed by atoms with van der Waals surface area (Å²) in [6.07, 6.45) is 3.34. The summed E-state index contributed by atoms with van der Waals surface area (Å²) in [6, 6.07) is 18.7. The number of anilines is 2. The minimum Gasteiger partial charge on any atom is -0.481 e. The van der Waals surface area contributed by atoms with E-state index in [4.69, 9.17) is 5.11 Å². The van der Waals surface area contributed by atoms with Gasteiger partial charge in [0.25, 0.3) is 5.69 Å². The molecule has 1 N–H and O–H groups in total. The van der Waals surface area contributed by atoms with Crippen molar-refractivity contribution < 1.29 is 19.6 Å². The van der Waals surface area contributed by atoms with E-state index < -0.39 is 5.97 Å². The number of hydrogen-bond acceptors (Lipinski definition) is 7. The van der Waals surface area contributed by atoms with Crippen LogP contribution in [0.2, 0.25) is 0 Å². The van der Waals surface area contributed by atoms with E-state index in [0.717, 1.165) is 42.9 Å². The van der Waals surface area contributed by atoms with Crippen LogP contribution in [0.1, 0.15) is 24.8 Å². The molecule has 2 fully saturated rings. The number of amides is 1. The normalized spacial score (nSPS) is 15.2. The maximum Gasteiger partial charge on any atom is 0.305 e. The van der Waals surface area contributed by atoms with E-state index in [1.54, 1.807) is 17.2 Å². The van der Waals surface area contributed by atoms with Gasteiger partial charge in [0.15, 0.2) is 0 Å². The first-order valence-corrected chi connectivity index (χ1v) is 13.2. The second kappa shape index (κ2) is 11.5. The van der Waals surface area contributed by atoms with Gasteiger partial charge in [0.2, 0.25) is 5.91 Å². The smallest absolute Gasteiger partial charge is 0.305 e. The largest absolute Gasteiger partial charge is 0.481 e. The number of nitro groups is 1. The molecule has 10 nitrogen and oxygen atoms in total. The van der Waals surface area contributed by atoms with E-state index in [1.807, 2.05) is 59.5 Å². The molecule has 1 aromatic heterocycles. The molecular weight excluding hydrogens is 498 g/mol. The maximum absolute atomic E-state index is 12.7. The highest BCUT2D eigenvalue weighted by Gasteiger charge is 2.33.